The number of rotatable bonds is 2. The molecule has 2 aromatic rings. The zero-order valence-corrected chi connectivity index (χ0v) is 16.7. The molecule has 2 atom stereocenters. The molecule has 7 heteroatoms. The average Bonchev–Trinajstić information content (AvgIpc) is 3.26. The molecular weight excluding hydrogens is 387 g/mol. The minimum absolute atomic E-state index is 0.243. The van der Waals surface area contributed by atoms with E-state index in [-0.39, 0.29) is 18.5 Å². The topological polar surface area (TPSA) is 34.1 Å². The molecule has 0 unspecified atom stereocenters. The van der Waals surface area contributed by atoms with Crippen molar-refractivity contribution in [2.45, 2.75) is 12.8 Å². The van der Waals surface area contributed by atoms with Gasteiger partial charge in [0.25, 0.3) is 0 Å². The van der Waals surface area contributed by atoms with Crippen LogP contribution in [0.1, 0.15) is 18.4 Å². The number of nitrogens with zero attached hydrogens (tertiary/aromatic N) is 2. The number of thioether (sulfide) groups is 1. The maximum absolute atomic E-state index is 13.4. The third-order valence-corrected chi connectivity index (χ3v) is 6.05. The number of fused-ring (bicyclic) bond motifs is 1. The van der Waals surface area contributed by atoms with E-state index in [1.54, 1.807) is 17.8 Å². The van der Waals surface area contributed by atoms with Crippen molar-refractivity contribution in [3.05, 3.63) is 52.8 Å². The van der Waals surface area contributed by atoms with Crippen molar-refractivity contribution >= 4 is 34.2 Å². The highest BCUT2D eigenvalue weighted by atomic mass is 35.5. The van der Waals surface area contributed by atoms with Gasteiger partial charge in [0.2, 0.25) is 6.79 Å². The molecule has 27 heavy (non-hydrogen) atoms. The van der Waals surface area contributed by atoms with E-state index in [1.807, 2.05) is 24.5 Å². The van der Waals surface area contributed by atoms with Gasteiger partial charge in [0.05, 0.1) is 5.69 Å². The van der Waals surface area contributed by atoms with Crippen molar-refractivity contribution in [3.63, 3.8) is 0 Å². The standard InChI is InChI=1S/C20H20ClFN2O2S/c1-12-9-24(10-16(12)15-5-3-13(22)7-17(15)21)20(27-2)23-14-4-6-18-19(8-14)26-11-25-18/h3-8,12,16H,9-11H2,1-2H3/b23-20+/t12-,16-/m0/s1. The predicted octanol–water partition coefficient (Wildman–Crippen LogP) is 5.29. The van der Waals surface area contributed by atoms with E-state index < -0.39 is 0 Å². The number of likely N-dealkylation sites (tertiary alicyclic amines) is 1. The fourth-order valence-corrected chi connectivity index (χ4v) is 4.55. The second-order valence-electron chi connectivity index (χ2n) is 6.79. The highest BCUT2D eigenvalue weighted by molar-refractivity contribution is 8.13. The quantitative estimate of drug-likeness (QED) is 0.501. The molecule has 142 valence electrons. The number of halogens is 2. The van der Waals surface area contributed by atoms with Crippen LogP contribution in [0.5, 0.6) is 11.5 Å². The Morgan fingerprint density at radius 3 is 2.78 bits per heavy atom. The van der Waals surface area contributed by atoms with Crippen molar-refractivity contribution in [2.75, 3.05) is 26.1 Å². The molecule has 4 nitrogen and oxygen atoms in total. The smallest absolute Gasteiger partial charge is 0.231 e. The lowest BCUT2D eigenvalue weighted by molar-refractivity contribution is 0.174. The van der Waals surface area contributed by atoms with Gasteiger partial charge in [-0.15, -0.1) is 0 Å². The van der Waals surface area contributed by atoms with Crippen molar-refractivity contribution in [1.29, 1.82) is 0 Å². The van der Waals surface area contributed by atoms with Crippen LogP contribution in [-0.2, 0) is 0 Å². The number of hydrogen-bond donors (Lipinski definition) is 0. The minimum Gasteiger partial charge on any atom is -0.454 e. The zero-order chi connectivity index (χ0) is 19.0. The van der Waals surface area contributed by atoms with E-state index in [0.717, 1.165) is 41.0 Å². The molecule has 1 saturated heterocycles. The molecule has 0 aliphatic carbocycles. The van der Waals surface area contributed by atoms with Crippen LogP contribution in [-0.4, -0.2) is 36.2 Å². The Labute approximate surface area is 167 Å². The molecule has 2 aliphatic heterocycles. The molecule has 2 aliphatic rings. The molecule has 0 bridgehead atoms. The predicted molar refractivity (Wildman–Crippen MR) is 108 cm³/mol. The summed E-state index contributed by atoms with van der Waals surface area (Å²) in [6.07, 6.45) is 2.02. The van der Waals surface area contributed by atoms with Gasteiger partial charge in [0, 0.05) is 30.1 Å². The van der Waals surface area contributed by atoms with Gasteiger partial charge in [-0.3, -0.25) is 0 Å². The molecule has 0 spiro atoms. The van der Waals surface area contributed by atoms with Gasteiger partial charge < -0.3 is 14.4 Å². The monoisotopic (exact) mass is 406 g/mol. The number of amidine groups is 1. The minimum atomic E-state index is -0.305. The number of benzene rings is 2. The number of hydrogen-bond acceptors (Lipinski definition) is 4. The third-order valence-electron chi connectivity index (χ3n) is 5.01. The summed E-state index contributed by atoms with van der Waals surface area (Å²) in [5.74, 6) is 1.80. The SMILES string of the molecule is CS/C(=N/c1ccc2c(c1)OCO2)N1C[C@H](c2ccc(F)cc2Cl)[C@@H](C)C1. The van der Waals surface area contributed by atoms with E-state index in [2.05, 4.69) is 11.8 Å². The molecule has 1 fully saturated rings. The summed E-state index contributed by atoms with van der Waals surface area (Å²) < 4.78 is 24.2. The van der Waals surface area contributed by atoms with Crippen LogP contribution < -0.4 is 9.47 Å². The van der Waals surface area contributed by atoms with Crippen LogP contribution in [0, 0.1) is 11.7 Å². The lowest BCUT2D eigenvalue weighted by atomic mass is 9.90. The lowest BCUT2D eigenvalue weighted by Crippen LogP contribution is -2.26. The van der Waals surface area contributed by atoms with E-state index in [0.29, 0.717) is 10.9 Å². The van der Waals surface area contributed by atoms with Crippen LogP contribution in [0.3, 0.4) is 0 Å². The van der Waals surface area contributed by atoms with Crippen LogP contribution in [0.15, 0.2) is 41.4 Å². The second-order valence-corrected chi connectivity index (χ2v) is 7.97. The Hall–Kier alpha value is -1.92. The first-order valence-corrected chi connectivity index (χ1v) is 10.4. The van der Waals surface area contributed by atoms with E-state index in [4.69, 9.17) is 26.1 Å². The van der Waals surface area contributed by atoms with Gasteiger partial charge in [0.15, 0.2) is 16.7 Å². The molecule has 0 amide bonds. The molecule has 0 aromatic heterocycles. The zero-order valence-electron chi connectivity index (χ0n) is 15.1. The van der Waals surface area contributed by atoms with E-state index in [9.17, 15) is 4.39 Å². The Morgan fingerprint density at radius 2 is 2.00 bits per heavy atom. The van der Waals surface area contributed by atoms with E-state index in [1.165, 1.54) is 12.1 Å². The van der Waals surface area contributed by atoms with Crippen molar-refractivity contribution < 1.29 is 13.9 Å². The van der Waals surface area contributed by atoms with Crippen molar-refractivity contribution in [3.8, 4) is 11.5 Å². The summed E-state index contributed by atoms with van der Waals surface area (Å²) >= 11 is 7.91. The van der Waals surface area contributed by atoms with Gasteiger partial charge in [-0.05, 0) is 42.0 Å². The summed E-state index contributed by atoms with van der Waals surface area (Å²) in [5.41, 5.74) is 1.83. The second kappa shape index (κ2) is 7.60. The van der Waals surface area contributed by atoms with Crippen molar-refractivity contribution in [1.82, 2.24) is 4.90 Å². The molecule has 0 N–H and O–H groups in total. The molecule has 2 aromatic carbocycles. The van der Waals surface area contributed by atoms with Crippen LogP contribution in [0.25, 0.3) is 0 Å². The van der Waals surface area contributed by atoms with Crippen LogP contribution in [0.4, 0.5) is 10.1 Å². The van der Waals surface area contributed by atoms with Crippen molar-refractivity contribution in [2.24, 2.45) is 10.9 Å². The first kappa shape index (κ1) is 18.4. The first-order valence-electron chi connectivity index (χ1n) is 8.77. The fourth-order valence-electron chi connectivity index (χ4n) is 3.64. The highest BCUT2D eigenvalue weighted by Gasteiger charge is 2.33. The van der Waals surface area contributed by atoms with Gasteiger partial charge in [-0.1, -0.05) is 36.4 Å². The largest absolute Gasteiger partial charge is 0.454 e. The Kier molecular flexibility index (Phi) is 5.19. The van der Waals surface area contributed by atoms with Gasteiger partial charge >= 0.3 is 0 Å². The number of aliphatic imine (C=N–C) groups is 1. The third kappa shape index (κ3) is 3.73. The normalized spacial score (nSPS) is 21.8. The summed E-state index contributed by atoms with van der Waals surface area (Å²) in [6, 6.07) is 10.4. The van der Waals surface area contributed by atoms with Gasteiger partial charge in [-0.2, -0.15) is 0 Å². The van der Waals surface area contributed by atoms with Crippen LogP contribution >= 0.6 is 23.4 Å². The molecule has 2 heterocycles. The van der Waals surface area contributed by atoms with Gasteiger partial charge in [0.1, 0.15) is 5.82 Å². The summed E-state index contributed by atoms with van der Waals surface area (Å²) in [6.45, 7) is 4.13. The molecule has 0 saturated carbocycles. The molecule has 0 radical (unpaired) electrons. The fraction of sp³-hybridized carbons (Fsp3) is 0.350. The maximum atomic E-state index is 13.4. The summed E-state index contributed by atoms with van der Waals surface area (Å²) in [7, 11) is 0. The average molecular weight is 407 g/mol. The maximum Gasteiger partial charge on any atom is 0.231 e. The molecular formula is C20H20ClFN2O2S. The number of ether oxygens (including phenoxy) is 2. The van der Waals surface area contributed by atoms with Gasteiger partial charge in [-0.25, -0.2) is 9.38 Å². The van der Waals surface area contributed by atoms with E-state index >= 15 is 0 Å². The Bertz CT molecular complexity index is 892. The highest BCUT2D eigenvalue weighted by Crippen LogP contribution is 2.39. The Balaban J connectivity index is 1.57. The summed E-state index contributed by atoms with van der Waals surface area (Å²) in [5, 5.41) is 1.44. The summed E-state index contributed by atoms with van der Waals surface area (Å²) in [4.78, 5) is 7.08. The van der Waals surface area contributed by atoms with Crippen LogP contribution in [0.2, 0.25) is 5.02 Å². The lowest BCUT2D eigenvalue weighted by Gasteiger charge is -2.19. The Morgan fingerprint density at radius 1 is 1.19 bits per heavy atom. The molecule has 4 rings (SSSR count). The first-order chi connectivity index (χ1) is 13.0.